The molecule has 1 heterocycles. The summed E-state index contributed by atoms with van der Waals surface area (Å²) in [5.74, 6) is -2.60. The van der Waals surface area contributed by atoms with Gasteiger partial charge in [0.2, 0.25) is 5.91 Å². The number of nitrogens with zero attached hydrogens (tertiary/aromatic N) is 1. The van der Waals surface area contributed by atoms with Gasteiger partial charge in [0.15, 0.2) is 5.78 Å². The topological polar surface area (TPSA) is 139 Å². The van der Waals surface area contributed by atoms with Crippen LogP contribution in [0.5, 0.6) is 0 Å². The first-order valence-electron chi connectivity index (χ1n) is 12.3. The molecule has 4 atom stereocenters. The monoisotopic (exact) mass is 526 g/mol. The SMILES string of the molecule is Cc1c(N)cccc1C(=O)[C@@H](C(N)c1ccccc1)[C@H](O)C(=O)N1CSC(C)(C)[C@H]1C(=O)NC(C)(C)C. The van der Waals surface area contributed by atoms with Crippen LogP contribution in [0.2, 0.25) is 0 Å². The third kappa shape index (κ3) is 6.17. The standard InChI is InChI=1S/C28H38N4O4S/c1-16-18(13-10-14-19(16)29)22(33)20(21(30)17-11-8-7-9-12-17)23(34)26(36)32-15-37-28(5,6)24(32)25(35)31-27(2,3)4/h7-14,20-21,23-24,34H,15,29-30H2,1-6H3,(H,31,35)/t20-,21?,23+,24-/m1/s1. The highest BCUT2D eigenvalue weighted by atomic mass is 32.2. The lowest BCUT2D eigenvalue weighted by atomic mass is 9.81. The van der Waals surface area contributed by atoms with E-state index in [-0.39, 0.29) is 11.8 Å². The summed E-state index contributed by atoms with van der Waals surface area (Å²) in [5.41, 5.74) is 14.0. The van der Waals surface area contributed by atoms with E-state index in [0.29, 0.717) is 22.4 Å². The summed E-state index contributed by atoms with van der Waals surface area (Å²) in [6.07, 6.45) is -1.78. The molecule has 0 spiro atoms. The number of carbonyl (C=O) groups excluding carboxylic acids is 3. The lowest BCUT2D eigenvalue weighted by Gasteiger charge is -2.35. The van der Waals surface area contributed by atoms with Crippen LogP contribution in [0.25, 0.3) is 0 Å². The number of hydrogen-bond acceptors (Lipinski definition) is 7. The fraction of sp³-hybridized carbons (Fsp3) is 0.464. The number of aliphatic hydroxyl groups excluding tert-OH is 1. The summed E-state index contributed by atoms with van der Waals surface area (Å²) >= 11 is 1.44. The lowest BCUT2D eigenvalue weighted by Crippen LogP contribution is -2.59. The van der Waals surface area contributed by atoms with Crippen LogP contribution < -0.4 is 16.8 Å². The number of amides is 2. The average Bonchev–Trinajstić information content (AvgIpc) is 3.14. The Bertz CT molecular complexity index is 1160. The molecule has 2 amide bonds. The minimum atomic E-state index is -1.78. The number of aliphatic hydroxyl groups is 1. The van der Waals surface area contributed by atoms with Crippen molar-refractivity contribution in [2.45, 2.75) is 70.0 Å². The molecule has 37 heavy (non-hydrogen) atoms. The van der Waals surface area contributed by atoms with Gasteiger partial charge in [0.05, 0.1) is 11.8 Å². The molecule has 6 N–H and O–H groups in total. The largest absolute Gasteiger partial charge is 0.398 e. The Morgan fingerprint density at radius 2 is 1.73 bits per heavy atom. The first kappa shape index (κ1) is 28.7. The molecule has 3 rings (SSSR count). The lowest BCUT2D eigenvalue weighted by molar-refractivity contribution is -0.148. The third-order valence-electron chi connectivity index (χ3n) is 6.68. The number of carbonyl (C=O) groups is 3. The number of ketones is 1. The van der Waals surface area contributed by atoms with Gasteiger partial charge in [-0.2, -0.15) is 0 Å². The van der Waals surface area contributed by atoms with Crippen LogP contribution in [0.1, 0.15) is 62.1 Å². The molecule has 9 heteroatoms. The molecule has 0 bridgehead atoms. The van der Waals surface area contributed by atoms with Crippen molar-refractivity contribution in [1.29, 1.82) is 0 Å². The summed E-state index contributed by atoms with van der Waals surface area (Å²) in [6.45, 7) is 11.1. The van der Waals surface area contributed by atoms with Gasteiger partial charge in [-0.3, -0.25) is 14.4 Å². The zero-order chi connectivity index (χ0) is 27.7. The number of nitrogen functional groups attached to an aromatic ring is 1. The molecule has 0 aromatic heterocycles. The van der Waals surface area contributed by atoms with E-state index in [1.165, 1.54) is 16.7 Å². The van der Waals surface area contributed by atoms with Crippen LogP contribution in [0.15, 0.2) is 48.5 Å². The molecule has 0 radical (unpaired) electrons. The number of Topliss-reactive ketones (excluding diaryl/α,β-unsaturated/α-hetero) is 1. The van der Waals surface area contributed by atoms with E-state index < -0.39 is 46.1 Å². The second kappa shape index (κ2) is 10.8. The normalized spacial score (nSPS) is 19.7. The zero-order valence-electron chi connectivity index (χ0n) is 22.3. The van der Waals surface area contributed by atoms with Gasteiger partial charge in [-0.25, -0.2) is 0 Å². The molecule has 1 aliphatic rings. The Balaban J connectivity index is 2.02. The van der Waals surface area contributed by atoms with Crippen LogP contribution in [-0.4, -0.2) is 55.9 Å². The highest BCUT2D eigenvalue weighted by Crippen LogP contribution is 2.41. The Morgan fingerprint density at radius 3 is 2.32 bits per heavy atom. The third-order valence-corrected chi connectivity index (χ3v) is 8.06. The van der Waals surface area contributed by atoms with E-state index >= 15 is 0 Å². The van der Waals surface area contributed by atoms with Gasteiger partial charge < -0.3 is 26.8 Å². The van der Waals surface area contributed by atoms with Gasteiger partial charge >= 0.3 is 0 Å². The summed E-state index contributed by atoms with van der Waals surface area (Å²) in [5, 5.41) is 14.4. The second-order valence-electron chi connectivity index (χ2n) is 11.1. The molecule has 2 aromatic rings. The summed E-state index contributed by atoms with van der Waals surface area (Å²) in [7, 11) is 0. The number of anilines is 1. The summed E-state index contributed by atoms with van der Waals surface area (Å²) < 4.78 is -0.601. The predicted molar refractivity (Wildman–Crippen MR) is 148 cm³/mol. The van der Waals surface area contributed by atoms with E-state index in [0.717, 1.165) is 0 Å². The molecule has 200 valence electrons. The Morgan fingerprint density at radius 1 is 1.11 bits per heavy atom. The van der Waals surface area contributed by atoms with E-state index in [9.17, 15) is 19.5 Å². The van der Waals surface area contributed by atoms with E-state index in [4.69, 9.17) is 11.5 Å². The Kier molecular flexibility index (Phi) is 8.41. The quantitative estimate of drug-likeness (QED) is 0.321. The van der Waals surface area contributed by atoms with Crippen LogP contribution in [0, 0.1) is 12.8 Å². The van der Waals surface area contributed by atoms with E-state index in [1.807, 2.05) is 40.7 Å². The molecule has 1 unspecified atom stereocenters. The Labute approximate surface area is 223 Å². The molecule has 2 aromatic carbocycles. The number of rotatable bonds is 7. The number of hydrogen-bond donors (Lipinski definition) is 4. The van der Waals surface area contributed by atoms with Crippen molar-refractivity contribution in [2.24, 2.45) is 11.7 Å². The minimum absolute atomic E-state index is 0.198. The maximum atomic E-state index is 13.9. The minimum Gasteiger partial charge on any atom is -0.398 e. The van der Waals surface area contributed by atoms with Crippen LogP contribution in [0.4, 0.5) is 5.69 Å². The van der Waals surface area contributed by atoms with Crippen molar-refractivity contribution >= 4 is 35.0 Å². The van der Waals surface area contributed by atoms with E-state index in [1.54, 1.807) is 49.4 Å². The number of benzene rings is 2. The number of nitrogens with two attached hydrogens (primary N) is 2. The van der Waals surface area contributed by atoms with Crippen molar-refractivity contribution in [2.75, 3.05) is 11.6 Å². The molecular formula is C28H38N4O4S. The maximum Gasteiger partial charge on any atom is 0.253 e. The van der Waals surface area contributed by atoms with Gasteiger partial charge in [-0.15, -0.1) is 11.8 Å². The molecule has 1 fully saturated rings. The van der Waals surface area contributed by atoms with Crippen molar-refractivity contribution < 1.29 is 19.5 Å². The van der Waals surface area contributed by atoms with Crippen LogP contribution in [-0.2, 0) is 9.59 Å². The smallest absolute Gasteiger partial charge is 0.253 e. The van der Waals surface area contributed by atoms with Gasteiger partial charge in [0.25, 0.3) is 5.91 Å². The highest BCUT2D eigenvalue weighted by Gasteiger charge is 2.51. The van der Waals surface area contributed by atoms with Gasteiger partial charge in [0, 0.05) is 27.6 Å². The summed E-state index contributed by atoms with van der Waals surface area (Å²) in [4.78, 5) is 42.3. The first-order valence-corrected chi connectivity index (χ1v) is 13.3. The van der Waals surface area contributed by atoms with Crippen molar-refractivity contribution in [3.63, 3.8) is 0 Å². The van der Waals surface area contributed by atoms with Crippen molar-refractivity contribution in [1.82, 2.24) is 10.2 Å². The molecule has 8 nitrogen and oxygen atoms in total. The zero-order valence-corrected chi connectivity index (χ0v) is 23.1. The van der Waals surface area contributed by atoms with Crippen LogP contribution in [0.3, 0.4) is 0 Å². The van der Waals surface area contributed by atoms with Gasteiger partial charge in [-0.1, -0.05) is 42.5 Å². The highest BCUT2D eigenvalue weighted by molar-refractivity contribution is 8.00. The fourth-order valence-electron chi connectivity index (χ4n) is 4.66. The molecule has 0 aliphatic carbocycles. The predicted octanol–water partition coefficient (Wildman–Crippen LogP) is 3.03. The molecule has 0 saturated carbocycles. The number of nitrogens with one attached hydrogen (secondary N) is 1. The molecular weight excluding hydrogens is 488 g/mol. The fourth-order valence-corrected chi connectivity index (χ4v) is 5.80. The van der Waals surface area contributed by atoms with Crippen molar-refractivity contribution in [3.05, 3.63) is 65.2 Å². The maximum absolute atomic E-state index is 13.9. The second-order valence-corrected chi connectivity index (χ2v) is 12.7. The van der Waals surface area contributed by atoms with Gasteiger partial charge in [0.1, 0.15) is 12.1 Å². The van der Waals surface area contributed by atoms with Crippen molar-refractivity contribution in [3.8, 4) is 0 Å². The summed E-state index contributed by atoms with van der Waals surface area (Å²) in [6, 6.07) is 12.0. The molecule has 1 saturated heterocycles. The van der Waals surface area contributed by atoms with E-state index in [2.05, 4.69) is 5.32 Å². The number of thioether (sulfide) groups is 1. The van der Waals surface area contributed by atoms with Gasteiger partial charge in [-0.05, 0) is 58.7 Å². The Hall–Kier alpha value is -2.88. The average molecular weight is 527 g/mol. The van der Waals surface area contributed by atoms with Crippen LogP contribution >= 0.6 is 11.8 Å². The first-order chi connectivity index (χ1) is 17.2. The molecule has 1 aliphatic heterocycles.